The molecule has 18 heteroatoms. The fraction of sp³-hybridized carbons (Fsp3) is 0.958. The van der Waals surface area contributed by atoms with E-state index in [0.717, 1.165) is 44.9 Å². The zero-order valence-corrected chi connectivity index (χ0v) is 40.0. The van der Waals surface area contributed by atoms with Crippen LogP contribution in [0, 0.1) is 45.3 Å². The highest BCUT2D eigenvalue weighted by molar-refractivity contribution is 5.30. The summed E-state index contributed by atoms with van der Waals surface area (Å²) < 4.78 is 36.0. The molecule has 6 fully saturated rings. The number of fused-ring (bicyclic) bond motifs is 5. The maximum Gasteiger partial charge on any atom is 0.187 e. The number of rotatable bonds is 14. The van der Waals surface area contributed by atoms with Crippen molar-refractivity contribution in [1.82, 2.24) is 0 Å². The molecule has 18 nitrogen and oxygen atoms in total. The van der Waals surface area contributed by atoms with Crippen molar-refractivity contribution in [2.45, 2.75) is 223 Å². The third kappa shape index (κ3) is 9.01. The first-order valence-electron chi connectivity index (χ1n) is 24.4. The summed E-state index contributed by atoms with van der Waals surface area (Å²) in [7, 11) is 0. The summed E-state index contributed by atoms with van der Waals surface area (Å²) in [5.74, 6) is 1.32. The molecule has 12 N–H and O–H groups in total. The van der Waals surface area contributed by atoms with Crippen molar-refractivity contribution in [2.75, 3.05) is 19.8 Å². The Morgan fingerprint density at radius 3 is 1.71 bits per heavy atom. The molecule has 24 atom stereocenters. The van der Waals surface area contributed by atoms with E-state index in [9.17, 15) is 61.3 Å². The van der Waals surface area contributed by atoms with Gasteiger partial charge in [0.25, 0.3) is 0 Å². The van der Waals surface area contributed by atoms with Crippen LogP contribution in [0.3, 0.4) is 0 Å². The number of hydrogen-bond donors (Lipinski definition) is 12. The van der Waals surface area contributed by atoms with Gasteiger partial charge in [-0.05, 0) is 112 Å². The fourth-order valence-corrected chi connectivity index (χ4v) is 14.2. The number of aliphatic hydroxyl groups is 12. The molecule has 3 aliphatic heterocycles. The Labute approximate surface area is 388 Å². The zero-order valence-electron chi connectivity index (χ0n) is 40.0. The van der Waals surface area contributed by atoms with E-state index < -0.39 is 129 Å². The van der Waals surface area contributed by atoms with Gasteiger partial charge in [0.15, 0.2) is 18.9 Å². The molecule has 0 aromatic heterocycles. The van der Waals surface area contributed by atoms with Crippen LogP contribution in [-0.4, -0.2) is 191 Å². The first kappa shape index (κ1) is 52.8. The molecule has 66 heavy (non-hydrogen) atoms. The molecular weight excluding hydrogens is 865 g/mol. The zero-order chi connectivity index (χ0) is 48.6. The first-order valence-corrected chi connectivity index (χ1v) is 24.4. The Morgan fingerprint density at radius 1 is 0.636 bits per heavy atom. The Bertz CT molecular complexity index is 1670. The summed E-state index contributed by atoms with van der Waals surface area (Å²) in [5.41, 5.74) is -0.425. The molecule has 3 heterocycles. The second-order valence-electron chi connectivity index (χ2n) is 22.9. The van der Waals surface area contributed by atoms with E-state index in [1.165, 1.54) is 5.57 Å². The van der Waals surface area contributed by atoms with E-state index in [1.807, 2.05) is 0 Å². The van der Waals surface area contributed by atoms with Crippen molar-refractivity contribution in [2.24, 2.45) is 45.3 Å². The number of hydrogen-bond acceptors (Lipinski definition) is 18. The van der Waals surface area contributed by atoms with Gasteiger partial charge in [0, 0.05) is 5.41 Å². The molecule has 3 saturated heterocycles. The molecule has 0 spiro atoms. The summed E-state index contributed by atoms with van der Waals surface area (Å²) >= 11 is 0. The third-order valence-corrected chi connectivity index (χ3v) is 18.6. The highest BCUT2D eigenvalue weighted by Gasteiger charge is 2.68. The van der Waals surface area contributed by atoms with Crippen LogP contribution in [0.25, 0.3) is 0 Å². The average Bonchev–Trinajstić information content (AvgIpc) is 3.55. The topological polar surface area (TPSA) is 298 Å². The predicted octanol–water partition coefficient (Wildman–Crippen LogP) is -0.0268. The summed E-state index contributed by atoms with van der Waals surface area (Å²) in [5, 5.41) is 126. The lowest BCUT2D eigenvalue weighted by Crippen LogP contribution is -2.65. The van der Waals surface area contributed by atoms with Gasteiger partial charge >= 0.3 is 0 Å². The molecule has 0 aromatic rings. The van der Waals surface area contributed by atoms with Crippen LogP contribution in [0.2, 0.25) is 0 Å². The molecule has 0 radical (unpaired) electrons. The molecule has 0 unspecified atom stereocenters. The smallest absolute Gasteiger partial charge is 0.187 e. The molecule has 382 valence electrons. The van der Waals surface area contributed by atoms with E-state index >= 15 is 0 Å². The van der Waals surface area contributed by atoms with Gasteiger partial charge in [-0.2, -0.15) is 0 Å². The van der Waals surface area contributed by atoms with Gasteiger partial charge in [-0.25, -0.2) is 0 Å². The maximum atomic E-state index is 11.5. The maximum absolute atomic E-state index is 11.5. The Hall–Kier alpha value is -0.980. The second-order valence-corrected chi connectivity index (χ2v) is 22.9. The van der Waals surface area contributed by atoms with Crippen molar-refractivity contribution in [3.05, 3.63) is 11.6 Å². The highest BCUT2D eigenvalue weighted by atomic mass is 16.8. The average molecular weight is 947 g/mol. The summed E-state index contributed by atoms with van der Waals surface area (Å²) in [6.45, 7) is 15.4. The third-order valence-electron chi connectivity index (χ3n) is 18.6. The fourth-order valence-electron chi connectivity index (χ4n) is 14.2. The number of allylic oxidation sites excluding steroid dienone is 1. The van der Waals surface area contributed by atoms with Gasteiger partial charge in [-0.15, -0.1) is 0 Å². The van der Waals surface area contributed by atoms with Gasteiger partial charge in [-0.1, -0.05) is 53.2 Å². The van der Waals surface area contributed by atoms with Gasteiger partial charge in [0.1, 0.15) is 73.2 Å². The molecule has 7 aliphatic rings. The van der Waals surface area contributed by atoms with Crippen molar-refractivity contribution in [3.8, 4) is 0 Å². The molecule has 0 amide bonds. The molecule has 4 aliphatic carbocycles. The van der Waals surface area contributed by atoms with Crippen LogP contribution < -0.4 is 0 Å². The minimum Gasteiger partial charge on any atom is -0.394 e. The lowest BCUT2D eigenvalue weighted by atomic mass is 9.39. The molecule has 7 rings (SSSR count). The van der Waals surface area contributed by atoms with Crippen LogP contribution in [0.4, 0.5) is 0 Å². The first-order chi connectivity index (χ1) is 30.8. The van der Waals surface area contributed by atoms with E-state index in [1.54, 1.807) is 13.8 Å². The highest BCUT2D eigenvalue weighted by Crippen LogP contribution is 2.75. The lowest BCUT2D eigenvalue weighted by molar-refractivity contribution is -0.375. The number of ether oxygens (including phenoxy) is 6. The standard InChI is InChI=1S/C48H82O18/c1-22(9-13-31(45(4,5)60)65-43-40(37(57)34(54)28(21-51)63-43)66-42-39(59)36(56)33(53)27(20-50)62-42)23-15-16-48(8)29-12-10-24-25(46(29,6)17-18-47(23,48)7)11-14-30(44(24,2)3)64-41-38(58)35(55)32(52)26(19-49)61-41/h10,22-23,25-43,49-60H,9,11-21H2,1-8H3/t22-,23-,25-,26-,27-,28-,29-,30+,31-,32-,33-,34-,35+,36+,37+,38-,39-,40-,41+,42+,43+,46+,47-,48+/m1/s1. The van der Waals surface area contributed by atoms with Crippen LogP contribution in [0.5, 0.6) is 0 Å². The van der Waals surface area contributed by atoms with Crippen LogP contribution >= 0.6 is 0 Å². The van der Waals surface area contributed by atoms with E-state index in [-0.39, 0.29) is 28.3 Å². The summed E-state index contributed by atoms with van der Waals surface area (Å²) in [6.07, 6.45) is -13.6. The van der Waals surface area contributed by atoms with Gasteiger partial charge < -0.3 is 89.7 Å². The molecule has 0 aromatic carbocycles. The van der Waals surface area contributed by atoms with Gasteiger partial charge in [0.2, 0.25) is 0 Å². The Morgan fingerprint density at radius 2 is 1.17 bits per heavy atom. The normalized spacial score (nSPS) is 50.4. The van der Waals surface area contributed by atoms with E-state index in [2.05, 4.69) is 47.6 Å². The molecule has 0 bridgehead atoms. The monoisotopic (exact) mass is 947 g/mol. The summed E-state index contributed by atoms with van der Waals surface area (Å²) in [6, 6.07) is 0. The molecule has 3 saturated carbocycles. The lowest BCUT2D eigenvalue weighted by Gasteiger charge is -2.66. The molecular formula is C48H82O18. The van der Waals surface area contributed by atoms with Crippen molar-refractivity contribution in [1.29, 1.82) is 0 Å². The van der Waals surface area contributed by atoms with Crippen LogP contribution in [0.15, 0.2) is 11.6 Å². The van der Waals surface area contributed by atoms with Crippen molar-refractivity contribution >= 4 is 0 Å². The van der Waals surface area contributed by atoms with E-state index in [0.29, 0.717) is 30.6 Å². The van der Waals surface area contributed by atoms with Crippen LogP contribution in [-0.2, 0) is 28.4 Å². The Balaban J connectivity index is 1.04. The SMILES string of the molecule is C[C@H](CC[C@@H](O[C@@H]1O[C@H](CO)[C@@H](O)[C@H](O)[C@H]1O[C@@H]1O[C@H](CO)[C@@H](O)[C@H](O)[C@H]1O)C(C)(C)O)[C@H]1CC[C@@]2(C)[C@@H]3CC=C4[C@@H](CC[C@H](O[C@@H]5O[C@H](CO)[C@@H](O)[C@H](O)[C@H]5O)C4(C)C)[C@]3(C)CC[C@]12C. The van der Waals surface area contributed by atoms with E-state index in [4.69, 9.17) is 28.4 Å². The predicted molar refractivity (Wildman–Crippen MR) is 234 cm³/mol. The van der Waals surface area contributed by atoms with Gasteiger partial charge in [0.05, 0.1) is 37.6 Å². The minimum absolute atomic E-state index is 0.0113. The number of aliphatic hydroxyl groups excluding tert-OH is 11. The van der Waals surface area contributed by atoms with Crippen molar-refractivity contribution in [3.63, 3.8) is 0 Å². The minimum atomic E-state index is -1.81. The summed E-state index contributed by atoms with van der Waals surface area (Å²) in [4.78, 5) is 0. The Kier molecular flexibility index (Phi) is 15.7. The second kappa shape index (κ2) is 19.6. The quantitative estimate of drug-likeness (QED) is 0.102. The van der Waals surface area contributed by atoms with Crippen LogP contribution in [0.1, 0.15) is 113 Å². The largest absolute Gasteiger partial charge is 0.394 e. The van der Waals surface area contributed by atoms with Gasteiger partial charge in [-0.3, -0.25) is 0 Å². The van der Waals surface area contributed by atoms with Crippen molar-refractivity contribution < 1.29 is 89.7 Å².